The van der Waals surface area contributed by atoms with Crippen molar-refractivity contribution >= 4 is 27.8 Å². The van der Waals surface area contributed by atoms with E-state index in [1.165, 1.54) is 0 Å². The van der Waals surface area contributed by atoms with Gasteiger partial charge in [0, 0.05) is 16.3 Å². The number of esters is 1. The van der Waals surface area contributed by atoms with Crippen LogP contribution in [-0.4, -0.2) is 24.5 Å². The van der Waals surface area contributed by atoms with Crippen molar-refractivity contribution in [1.29, 1.82) is 0 Å². The van der Waals surface area contributed by atoms with Gasteiger partial charge in [0.25, 0.3) is 0 Å². The normalized spacial score (nSPS) is 25.4. The van der Waals surface area contributed by atoms with E-state index in [9.17, 15) is 9.59 Å². The summed E-state index contributed by atoms with van der Waals surface area (Å²) >= 11 is 3.40. The SMILES string of the molecule is CCOC(=O)C1NC(=O)CC1(CC)c1ccc(Br)cc1. The van der Waals surface area contributed by atoms with Crippen LogP contribution >= 0.6 is 15.9 Å². The molecule has 5 heteroatoms. The number of rotatable bonds is 4. The Morgan fingerprint density at radius 1 is 1.40 bits per heavy atom. The molecule has 0 radical (unpaired) electrons. The predicted octanol–water partition coefficient (Wildman–Crippen LogP) is 2.55. The van der Waals surface area contributed by atoms with E-state index in [-0.39, 0.29) is 11.9 Å². The van der Waals surface area contributed by atoms with Gasteiger partial charge in [-0.15, -0.1) is 0 Å². The first-order chi connectivity index (χ1) is 9.53. The van der Waals surface area contributed by atoms with Crippen LogP contribution in [0.2, 0.25) is 0 Å². The van der Waals surface area contributed by atoms with Gasteiger partial charge in [0.1, 0.15) is 6.04 Å². The fourth-order valence-electron chi connectivity index (χ4n) is 2.83. The van der Waals surface area contributed by atoms with Gasteiger partial charge in [0.05, 0.1) is 6.61 Å². The third-order valence-corrected chi connectivity index (χ3v) is 4.43. The fraction of sp³-hybridized carbons (Fsp3) is 0.467. The maximum Gasteiger partial charge on any atom is 0.329 e. The molecule has 20 heavy (non-hydrogen) atoms. The Labute approximate surface area is 127 Å². The molecule has 4 nitrogen and oxygen atoms in total. The Morgan fingerprint density at radius 3 is 2.60 bits per heavy atom. The van der Waals surface area contributed by atoms with E-state index in [1.807, 2.05) is 31.2 Å². The van der Waals surface area contributed by atoms with Crippen molar-refractivity contribution in [3.05, 3.63) is 34.3 Å². The lowest BCUT2D eigenvalue weighted by molar-refractivity contribution is -0.147. The Bertz CT molecular complexity index is 514. The van der Waals surface area contributed by atoms with Gasteiger partial charge in [-0.25, -0.2) is 4.79 Å². The lowest BCUT2D eigenvalue weighted by Crippen LogP contribution is -2.47. The molecule has 2 rings (SSSR count). The minimum atomic E-state index is -0.610. The highest BCUT2D eigenvalue weighted by Gasteiger charge is 2.51. The highest BCUT2D eigenvalue weighted by Crippen LogP contribution is 2.40. The first-order valence-corrected chi connectivity index (χ1v) is 7.55. The quantitative estimate of drug-likeness (QED) is 0.857. The van der Waals surface area contributed by atoms with Crippen LogP contribution in [0.15, 0.2) is 28.7 Å². The third kappa shape index (κ3) is 2.59. The Kier molecular flexibility index (Phi) is 4.48. The van der Waals surface area contributed by atoms with Crippen molar-refractivity contribution in [2.45, 2.75) is 38.1 Å². The van der Waals surface area contributed by atoms with Crippen molar-refractivity contribution < 1.29 is 14.3 Å². The molecule has 0 saturated carbocycles. The highest BCUT2D eigenvalue weighted by atomic mass is 79.9. The maximum atomic E-state index is 12.2. The first kappa shape index (κ1) is 15.0. The van der Waals surface area contributed by atoms with E-state index in [0.717, 1.165) is 10.0 Å². The summed E-state index contributed by atoms with van der Waals surface area (Å²) in [4.78, 5) is 24.0. The second kappa shape index (κ2) is 5.95. The lowest BCUT2D eigenvalue weighted by Gasteiger charge is -2.32. The molecule has 0 aliphatic carbocycles. The number of carbonyl (C=O) groups excluding carboxylic acids is 2. The van der Waals surface area contributed by atoms with Crippen LogP contribution in [0.4, 0.5) is 0 Å². The minimum Gasteiger partial charge on any atom is -0.464 e. The number of hydrogen-bond donors (Lipinski definition) is 1. The number of benzene rings is 1. The molecule has 1 aliphatic heterocycles. The zero-order valence-corrected chi connectivity index (χ0v) is 13.2. The van der Waals surface area contributed by atoms with Crippen molar-refractivity contribution in [3.63, 3.8) is 0 Å². The summed E-state index contributed by atoms with van der Waals surface area (Å²) in [6.45, 7) is 4.07. The molecule has 1 amide bonds. The van der Waals surface area contributed by atoms with Gasteiger partial charge in [-0.2, -0.15) is 0 Å². The standard InChI is InChI=1S/C15H18BrNO3/c1-3-15(10-5-7-11(16)8-6-10)9-12(18)17-13(15)14(19)20-4-2/h5-8,13H,3-4,9H2,1-2H3,(H,17,18). The number of halogens is 1. The molecule has 1 saturated heterocycles. The van der Waals surface area contributed by atoms with E-state index in [4.69, 9.17) is 4.74 Å². The van der Waals surface area contributed by atoms with Gasteiger partial charge < -0.3 is 10.1 Å². The maximum absolute atomic E-state index is 12.2. The van der Waals surface area contributed by atoms with Crippen molar-refractivity contribution in [3.8, 4) is 0 Å². The van der Waals surface area contributed by atoms with E-state index < -0.39 is 11.5 Å². The number of carbonyl (C=O) groups is 2. The van der Waals surface area contributed by atoms with E-state index >= 15 is 0 Å². The van der Waals surface area contributed by atoms with E-state index in [0.29, 0.717) is 19.4 Å². The Hall–Kier alpha value is -1.36. The Balaban J connectivity index is 2.42. The molecular weight excluding hydrogens is 322 g/mol. The topological polar surface area (TPSA) is 55.4 Å². The number of nitrogens with one attached hydrogen (secondary N) is 1. The van der Waals surface area contributed by atoms with Crippen molar-refractivity contribution in [1.82, 2.24) is 5.32 Å². The molecule has 1 heterocycles. The second-order valence-corrected chi connectivity index (χ2v) is 5.86. The summed E-state index contributed by atoms with van der Waals surface area (Å²) in [7, 11) is 0. The number of amides is 1. The molecule has 0 aromatic heterocycles. The Morgan fingerprint density at radius 2 is 2.05 bits per heavy atom. The van der Waals surface area contributed by atoms with Crippen LogP contribution in [0.1, 0.15) is 32.3 Å². The van der Waals surface area contributed by atoms with Gasteiger partial charge >= 0.3 is 5.97 Å². The zero-order valence-electron chi connectivity index (χ0n) is 11.6. The molecule has 1 aromatic rings. The van der Waals surface area contributed by atoms with Gasteiger partial charge in [-0.3, -0.25) is 4.79 Å². The summed E-state index contributed by atoms with van der Waals surface area (Å²) in [6.07, 6.45) is 1.01. The van der Waals surface area contributed by atoms with Crippen LogP contribution < -0.4 is 5.32 Å². The predicted molar refractivity (Wildman–Crippen MR) is 79.3 cm³/mol. The summed E-state index contributed by atoms with van der Waals surface area (Å²) in [6, 6.07) is 7.16. The number of hydrogen-bond acceptors (Lipinski definition) is 3. The first-order valence-electron chi connectivity index (χ1n) is 6.75. The molecule has 108 valence electrons. The largest absolute Gasteiger partial charge is 0.464 e. The second-order valence-electron chi connectivity index (χ2n) is 4.95. The molecule has 1 aliphatic rings. The summed E-state index contributed by atoms with van der Waals surface area (Å²) < 4.78 is 6.08. The van der Waals surface area contributed by atoms with Gasteiger partial charge in [-0.1, -0.05) is 35.0 Å². The van der Waals surface area contributed by atoms with E-state index in [1.54, 1.807) is 6.92 Å². The van der Waals surface area contributed by atoms with Gasteiger partial charge in [0.15, 0.2) is 0 Å². The van der Waals surface area contributed by atoms with Gasteiger partial charge in [-0.05, 0) is 31.0 Å². The smallest absolute Gasteiger partial charge is 0.329 e. The van der Waals surface area contributed by atoms with Crippen LogP contribution in [0.25, 0.3) is 0 Å². The molecule has 2 atom stereocenters. The monoisotopic (exact) mass is 339 g/mol. The molecule has 0 bridgehead atoms. The summed E-state index contributed by atoms with van der Waals surface area (Å²) in [5, 5.41) is 2.77. The molecule has 1 fully saturated rings. The summed E-state index contributed by atoms with van der Waals surface area (Å²) in [5.74, 6) is -0.462. The summed E-state index contributed by atoms with van der Waals surface area (Å²) in [5.41, 5.74) is 0.462. The fourth-order valence-corrected chi connectivity index (χ4v) is 3.10. The van der Waals surface area contributed by atoms with Crippen molar-refractivity contribution in [2.75, 3.05) is 6.61 Å². The minimum absolute atomic E-state index is 0.104. The van der Waals surface area contributed by atoms with Gasteiger partial charge in [0.2, 0.25) is 5.91 Å². The third-order valence-electron chi connectivity index (χ3n) is 3.91. The van der Waals surface area contributed by atoms with Crippen LogP contribution in [0.5, 0.6) is 0 Å². The molecule has 0 spiro atoms. The molecular formula is C15H18BrNO3. The zero-order chi connectivity index (χ0) is 14.8. The van der Waals surface area contributed by atoms with Crippen molar-refractivity contribution in [2.24, 2.45) is 0 Å². The van der Waals surface area contributed by atoms with E-state index in [2.05, 4.69) is 21.2 Å². The van der Waals surface area contributed by atoms with Crippen LogP contribution in [0.3, 0.4) is 0 Å². The highest BCUT2D eigenvalue weighted by molar-refractivity contribution is 9.10. The molecule has 2 unspecified atom stereocenters. The molecule has 1 aromatic carbocycles. The number of ether oxygens (including phenoxy) is 1. The molecule has 1 N–H and O–H groups in total. The average Bonchev–Trinajstić information content (AvgIpc) is 2.78. The lowest BCUT2D eigenvalue weighted by atomic mass is 9.72. The van der Waals surface area contributed by atoms with Crippen LogP contribution in [0, 0.1) is 0 Å². The van der Waals surface area contributed by atoms with Crippen LogP contribution in [-0.2, 0) is 19.7 Å². The average molecular weight is 340 g/mol.